The van der Waals surface area contributed by atoms with E-state index in [0.717, 1.165) is 17.1 Å². The van der Waals surface area contributed by atoms with Crippen LogP contribution in [0, 0.1) is 0 Å². The first-order valence-corrected chi connectivity index (χ1v) is 21.9. The van der Waals surface area contributed by atoms with Gasteiger partial charge in [0, 0.05) is 62.8 Å². The maximum Gasteiger partial charge on any atom is 0.0464 e. The van der Waals surface area contributed by atoms with Crippen molar-refractivity contribution in [2.75, 3.05) is 4.90 Å². The van der Waals surface area contributed by atoms with Gasteiger partial charge >= 0.3 is 0 Å². The fourth-order valence-corrected chi connectivity index (χ4v) is 11.8. The van der Waals surface area contributed by atoms with Crippen molar-refractivity contribution in [2.24, 2.45) is 0 Å². The summed E-state index contributed by atoms with van der Waals surface area (Å²) < 4.78 is 5.31. The first kappa shape index (κ1) is 34.3. The van der Waals surface area contributed by atoms with Gasteiger partial charge < -0.3 is 4.90 Å². The molecule has 0 saturated heterocycles. The number of fused-ring (bicyclic) bond motifs is 9. The summed E-state index contributed by atoms with van der Waals surface area (Å²) in [6.07, 6.45) is 0. The highest BCUT2D eigenvalue weighted by Gasteiger charge is 2.40. The van der Waals surface area contributed by atoms with E-state index in [1.807, 2.05) is 22.7 Å². The predicted molar refractivity (Wildman–Crippen MR) is 255 cm³/mol. The van der Waals surface area contributed by atoms with Crippen LogP contribution in [0.15, 0.2) is 206 Å². The SMILES string of the molecule is CC1(c2cccc(N(c3ccc(-c4ccc5sc6ccccc6c5c4)cc3)c3ccc(-c4ccc5sc6ccccc6c5c4)cc3)c2)c2ccccc2-c2ccccc21. The van der Waals surface area contributed by atoms with Gasteiger partial charge in [-0.2, -0.15) is 0 Å². The molecule has 0 unspecified atom stereocenters. The molecule has 1 aliphatic carbocycles. The lowest BCUT2D eigenvalue weighted by Gasteiger charge is -2.31. The van der Waals surface area contributed by atoms with E-state index in [1.54, 1.807) is 0 Å². The normalized spacial score (nSPS) is 13.0. The number of thiophene rings is 2. The third-order valence-corrected chi connectivity index (χ3v) is 14.9. The van der Waals surface area contributed by atoms with Crippen molar-refractivity contribution in [1.29, 1.82) is 0 Å². The Morgan fingerprint density at radius 1 is 0.339 bits per heavy atom. The number of benzene rings is 9. The Kier molecular flexibility index (Phi) is 7.78. The van der Waals surface area contributed by atoms with Crippen LogP contribution in [-0.2, 0) is 5.41 Å². The number of nitrogens with zero attached hydrogens (tertiary/aromatic N) is 1. The molecule has 0 N–H and O–H groups in total. The van der Waals surface area contributed by atoms with Crippen LogP contribution in [-0.4, -0.2) is 0 Å². The summed E-state index contributed by atoms with van der Waals surface area (Å²) in [6.45, 7) is 2.39. The summed E-state index contributed by atoms with van der Waals surface area (Å²) in [5.41, 5.74) is 14.6. The molecule has 0 amide bonds. The van der Waals surface area contributed by atoms with E-state index in [2.05, 4.69) is 218 Å². The van der Waals surface area contributed by atoms with Crippen LogP contribution in [0.1, 0.15) is 23.6 Å². The molecule has 0 radical (unpaired) electrons. The molecular formula is C56H37NS2. The molecule has 0 fully saturated rings. The van der Waals surface area contributed by atoms with E-state index in [4.69, 9.17) is 0 Å². The van der Waals surface area contributed by atoms with Crippen LogP contribution in [0.4, 0.5) is 17.1 Å². The summed E-state index contributed by atoms with van der Waals surface area (Å²) >= 11 is 3.73. The average molecular weight is 788 g/mol. The van der Waals surface area contributed by atoms with Crippen LogP contribution in [0.25, 0.3) is 73.7 Å². The average Bonchev–Trinajstić information content (AvgIpc) is 3.95. The van der Waals surface area contributed by atoms with E-state index < -0.39 is 0 Å². The Labute approximate surface area is 351 Å². The largest absolute Gasteiger partial charge is 0.310 e. The maximum atomic E-state index is 2.42. The van der Waals surface area contributed by atoms with Gasteiger partial charge in [-0.25, -0.2) is 0 Å². The first-order valence-electron chi connectivity index (χ1n) is 20.2. The molecule has 2 aromatic heterocycles. The minimum atomic E-state index is -0.294. The van der Waals surface area contributed by atoms with Crippen molar-refractivity contribution in [3.63, 3.8) is 0 Å². The Hall–Kier alpha value is -6.78. The van der Waals surface area contributed by atoms with Gasteiger partial charge in [-0.05, 0) is 130 Å². The van der Waals surface area contributed by atoms with Crippen molar-refractivity contribution in [3.8, 4) is 33.4 Å². The van der Waals surface area contributed by atoms with E-state index >= 15 is 0 Å². The number of rotatable bonds is 6. The Morgan fingerprint density at radius 3 is 1.31 bits per heavy atom. The minimum Gasteiger partial charge on any atom is -0.310 e. The summed E-state index contributed by atoms with van der Waals surface area (Å²) in [6, 6.07) is 76.6. The van der Waals surface area contributed by atoms with Crippen molar-refractivity contribution < 1.29 is 0 Å². The molecule has 0 bridgehead atoms. The summed E-state index contributed by atoms with van der Waals surface area (Å²) in [4.78, 5) is 2.42. The Morgan fingerprint density at radius 2 is 0.780 bits per heavy atom. The third kappa shape index (κ3) is 5.43. The van der Waals surface area contributed by atoms with E-state index in [-0.39, 0.29) is 5.41 Å². The number of hydrogen-bond donors (Lipinski definition) is 0. The molecule has 0 aliphatic heterocycles. The third-order valence-electron chi connectivity index (χ3n) is 12.6. The van der Waals surface area contributed by atoms with Crippen LogP contribution in [0.2, 0.25) is 0 Å². The van der Waals surface area contributed by atoms with Gasteiger partial charge in [0.25, 0.3) is 0 Å². The molecule has 59 heavy (non-hydrogen) atoms. The zero-order valence-electron chi connectivity index (χ0n) is 32.4. The topological polar surface area (TPSA) is 3.24 Å². The lowest BCUT2D eigenvalue weighted by Crippen LogP contribution is -2.23. The second kappa shape index (κ2) is 13.4. The molecule has 11 aromatic rings. The van der Waals surface area contributed by atoms with Crippen molar-refractivity contribution in [2.45, 2.75) is 12.3 Å². The molecule has 278 valence electrons. The molecule has 1 aliphatic rings. The van der Waals surface area contributed by atoms with Gasteiger partial charge in [0.05, 0.1) is 0 Å². The lowest BCUT2D eigenvalue weighted by atomic mass is 9.74. The quantitative estimate of drug-likeness (QED) is 0.162. The van der Waals surface area contributed by atoms with E-state index in [0.29, 0.717) is 0 Å². The van der Waals surface area contributed by atoms with E-state index in [9.17, 15) is 0 Å². The van der Waals surface area contributed by atoms with Crippen molar-refractivity contribution >= 4 is 80.1 Å². The van der Waals surface area contributed by atoms with Gasteiger partial charge in [-0.3, -0.25) is 0 Å². The van der Waals surface area contributed by atoms with Crippen molar-refractivity contribution in [1.82, 2.24) is 0 Å². The zero-order valence-corrected chi connectivity index (χ0v) is 34.0. The second-order valence-electron chi connectivity index (χ2n) is 15.8. The molecule has 0 atom stereocenters. The standard InChI is InChI=1S/C56H37NS2/c1-56(50-17-6-2-13-44(50)45-14-3-7-18-51(45)56)40-11-10-12-43(35-40)57(41-27-21-36(22-28-41)38-25-31-54-48(33-38)46-15-4-8-19-52(46)58-54)42-29-23-37(24-30-42)39-26-32-55-49(34-39)47-16-5-9-20-53(47)59-55/h2-35H,1H3. The molecule has 12 rings (SSSR count). The molecule has 3 heteroatoms. The molecule has 0 saturated carbocycles. The van der Waals surface area contributed by atoms with Gasteiger partial charge in [0.15, 0.2) is 0 Å². The van der Waals surface area contributed by atoms with Gasteiger partial charge in [0.1, 0.15) is 0 Å². The Bertz CT molecular complexity index is 3200. The zero-order chi connectivity index (χ0) is 39.1. The minimum absolute atomic E-state index is 0.294. The maximum absolute atomic E-state index is 2.42. The van der Waals surface area contributed by atoms with Crippen molar-refractivity contribution in [3.05, 3.63) is 223 Å². The smallest absolute Gasteiger partial charge is 0.0464 e. The molecule has 9 aromatic carbocycles. The van der Waals surface area contributed by atoms with Crippen LogP contribution in [0.3, 0.4) is 0 Å². The van der Waals surface area contributed by atoms with Crippen LogP contribution < -0.4 is 4.90 Å². The molecule has 1 nitrogen and oxygen atoms in total. The Balaban J connectivity index is 0.971. The van der Waals surface area contributed by atoms with Crippen LogP contribution >= 0.6 is 22.7 Å². The molecular weight excluding hydrogens is 751 g/mol. The summed E-state index contributed by atoms with van der Waals surface area (Å²) in [5.74, 6) is 0. The number of hydrogen-bond acceptors (Lipinski definition) is 3. The fraction of sp³-hybridized carbons (Fsp3) is 0.0357. The van der Waals surface area contributed by atoms with Gasteiger partial charge in [-0.15, -0.1) is 22.7 Å². The highest BCUT2D eigenvalue weighted by Crippen LogP contribution is 2.53. The molecule has 2 heterocycles. The number of anilines is 3. The van der Waals surface area contributed by atoms with Crippen LogP contribution in [0.5, 0.6) is 0 Å². The lowest BCUT2D eigenvalue weighted by molar-refractivity contribution is 0.714. The van der Waals surface area contributed by atoms with Gasteiger partial charge in [0.2, 0.25) is 0 Å². The van der Waals surface area contributed by atoms with Gasteiger partial charge in [-0.1, -0.05) is 133 Å². The summed E-state index contributed by atoms with van der Waals surface area (Å²) in [7, 11) is 0. The summed E-state index contributed by atoms with van der Waals surface area (Å²) in [5, 5.41) is 5.29. The predicted octanol–water partition coefficient (Wildman–Crippen LogP) is 16.6. The monoisotopic (exact) mass is 787 g/mol. The van der Waals surface area contributed by atoms with E-state index in [1.165, 1.54) is 90.4 Å². The highest BCUT2D eigenvalue weighted by molar-refractivity contribution is 7.26. The second-order valence-corrected chi connectivity index (χ2v) is 18.0. The molecule has 0 spiro atoms. The highest BCUT2D eigenvalue weighted by atomic mass is 32.1. The first-order chi connectivity index (χ1) is 29.1. The fourth-order valence-electron chi connectivity index (χ4n) is 9.58.